The Balaban J connectivity index is 3.29. The van der Waals surface area contributed by atoms with Crippen molar-refractivity contribution in [2.24, 2.45) is 0 Å². The highest BCUT2D eigenvalue weighted by Crippen LogP contribution is 2.24. The topological polar surface area (TPSA) is 83.5 Å². The molecule has 5 nitrogen and oxygen atoms in total. The quantitative estimate of drug-likeness (QED) is 0.851. The number of hydrogen-bond acceptors (Lipinski definition) is 3. The van der Waals surface area contributed by atoms with E-state index in [1.807, 2.05) is 0 Å². The third kappa shape index (κ3) is 3.30. The van der Waals surface area contributed by atoms with Gasteiger partial charge in [-0.15, -0.1) is 0 Å². The molecule has 1 aromatic rings. The van der Waals surface area contributed by atoms with Gasteiger partial charge in [-0.1, -0.05) is 18.2 Å². The summed E-state index contributed by atoms with van der Waals surface area (Å²) in [6, 6.07) is 5.90. The van der Waals surface area contributed by atoms with Crippen molar-refractivity contribution in [1.29, 1.82) is 0 Å². The molecule has 6 heteroatoms. The largest absolute Gasteiger partial charge is 0.481 e. The molecule has 0 spiro atoms. The fourth-order valence-corrected chi connectivity index (χ4v) is 3.15. The van der Waals surface area contributed by atoms with E-state index < -0.39 is 21.9 Å². The minimum absolute atomic E-state index is 0.0219. The fraction of sp³-hybridized carbons (Fsp3) is 0.417. The van der Waals surface area contributed by atoms with Crippen LogP contribution in [0.25, 0.3) is 0 Å². The second-order valence-electron chi connectivity index (χ2n) is 4.37. The average molecular weight is 271 g/mol. The van der Waals surface area contributed by atoms with Crippen molar-refractivity contribution in [3.05, 3.63) is 29.8 Å². The maximum atomic E-state index is 12.1. The molecule has 0 saturated carbocycles. The van der Waals surface area contributed by atoms with Gasteiger partial charge in [0.2, 0.25) is 10.0 Å². The van der Waals surface area contributed by atoms with Gasteiger partial charge in [-0.05, 0) is 32.4 Å². The number of rotatable bonds is 5. The molecule has 0 radical (unpaired) electrons. The van der Waals surface area contributed by atoms with Gasteiger partial charge in [0, 0.05) is 6.04 Å². The monoisotopic (exact) mass is 271 g/mol. The molecule has 0 heterocycles. The molecule has 1 atom stereocenters. The molecule has 2 N–H and O–H groups in total. The summed E-state index contributed by atoms with van der Waals surface area (Å²) in [5.41, 5.74) is 0.290. The SMILES string of the molecule is CC(C)NS(=O)(=O)c1ccccc1C(C)C(=O)O. The van der Waals surface area contributed by atoms with Crippen LogP contribution in [0.3, 0.4) is 0 Å². The van der Waals surface area contributed by atoms with Crippen LogP contribution in [0, 0.1) is 0 Å². The minimum Gasteiger partial charge on any atom is -0.481 e. The minimum atomic E-state index is -3.68. The van der Waals surface area contributed by atoms with E-state index in [2.05, 4.69) is 4.72 Å². The first kappa shape index (κ1) is 14.7. The summed E-state index contributed by atoms with van der Waals surface area (Å²) in [4.78, 5) is 11.0. The number of nitrogens with one attached hydrogen (secondary N) is 1. The molecule has 0 saturated heterocycles. The van der Waals surface area contributed by atoms with Gasteiger partial charge >= 0.3 is 5.97 Å². The van der Waals surface area contributed by atoms with Crippen LogP contribution in [-0.2, 0) is 14.8 Å². The summed E-state index contributed by atoms with van der Waals surface area (Å²) in [5, 5.41) is 8.99. The Morgan fingerprint density at radius 2 is 1.78 bits per heavy atom. The van der Waals surface area contributed by atoms with Crippen LogP contribution in [0.4, 0.5) is 0 Å². The molecule has 0 aliphatic heterocycles. The van der Waals surface area contributed by atoms with Crippen molar-refractivity contribution < 1.29 is 18.3 Å². The first-order chi connectivity index (χ1) is 8.25. The zero-order valence-electron chi connectivity index (χ0n) is 10.5. The van der Waals surface area contributed by atoms with Gasteiger partial charge in [0.25, 0.3) is 0 Å². The second-order valence-corrected chi connectivity index (χ2v) is 6.06. The van der Waals surface area contributed by atoms with E-state index in [1.54, 1.807) is 26.0 Å². The van der Waals surface area contributed by atoms with E-state index in [1.165, 1.54) is 19.1 Å². The number of carbonyl (C=O) groups is 1. The standard InChI is InChI=1S/C12H17NO4S/c1-8(2)13-18(16,17)11-7-5-4-6-10(11)9(3)12(14)15/h4-9,13H,1-3H3,(H,14,15). The lowest BCUT2D eigenvalue weighted by molar-refractivity contribution is -0.138. The smallest absolute Gasteiger partial charge is 0.310 e. The average Bonchev–Trinajstić information content (AvgIpc) is 2.26. The number of carboxylic acids is 1. The predicted octanol–water partition coefficient (Wildman–Crippen LogP) is 1.56. The van der Waals surface area contributed by atoms with Gasteiger partial charge < -0.3 is 5.11 Å². The number of hydrogen-bond donors (Lipinski definition) is 2. The summed E-state index contributed by atoms with van der Waals surface area (Å²) in [6.07, 6.45) is 0. The van der Waals surface area contributed by atoms with Crippen LogP contribution in [0.1, 0.15) is 32.3 Å². The highest BCUT2D eigenvalue weighted by atomic mass is 32.2. The molecule has 0 aromatic heterocycles. The lowest BCUT2D eigenvalue weighted by atomic mass is 10.0. The molecular formula is C12H17NO4S. The molecule has 1 unspecified atom stereocenters. The molecule has 0 fully saturated rings. The molecule has 0 aliphatic carbocycles. The van der Waals surface area contributed by atoms with Crippen molar-refractivity contribution in [2.75, 3.05) is 0 Å². The van der Waals surface area contributed by atoms with E-state index in [-0.39, 0.29) is 16.5 Å². The molecule has 1 aromatic carbocycles. The van der Waals surface area contributed by atoms with Crippen LogP contribution < -0.4 is 4.72 Å². The maximum absolute atomic E-state index is 12.1. The first-order valence-corrected chi connectivity index (χ1v) is 7.08. The lowest BCUT2D eigenvalue weighted by Gasteiger charge is -2.15. The highest BCUT2D eigenvalue weighted by Gasteiger charge is 2.24. The van der Waals surface area contributed by atoms with Crippen molar-refractivity contribution in [2.45, 2.75) is 37.6 Å². The highest BCUT2D eigenvalue weighted by molar-refractivity contribution is 7.89. The second kappa shape index (κ2) is 5.49. The van der Waals surface area contributed by atoms with Crippen molar-refractivity contribution >= 4 is 16.0 Å². The Bertz CT molecular complexity index is 537. The number of benzene rings is 1. The molecular weight excluding hydrogens is 254 g/mol. The lowest BCUT2D eigenvalue weighted by Crippen LogP contribution is -2.31. The predicted molar refractivity (Wildman–Crippen MR) is 68.0 cm³/mol. The van der Waals surface area contributed by atoms with E-state index in [9.17, 15) is 13.2 Å². The molecule has 100 valence electrons. The van der Waals surface area contributed by atoms with Gasteiger partial charge in [0.05, 0.1) is 10.8 Å². The van der Waals surface area contributed by atoms with Gasteiger partial charge in [0.1, 0.15) is 0 Å². The summed E-state index contributed by atoms with van der Waals surface area (Å²) in [5.74, 6) is -1.92. The normalized spacial score (nSPS) is 13.6. The van der Waals surface area contributed by atoms with Crippen LogP contribution in [0.5, 0.6) is 0 Å². The molecule has 0 bridgehead atoms. The van der Waals surface area contributed by atoms with Crippen molar-refractivity contribution in [3.8, 4) is 0 Å². The third-order valence-electron chi connectivity index (χ3n) is 2.44. The number of carboxylic acid groups (broad SMARTS) is 1. The summed E-state index contributed by atoms with van der Waals surface area (Å²) in [7, 11) is -3.68. The van der Waals surface area contributed by atoms with Gasteiger partial charge in [0.15, 0.2) is 0 Å². The Morgan fingerprint density at radius 1 is 1.22 bits per heavy atom. The maximum Gasteiger partial charge on any atom is 0.310 e. The Kier molecular flexibility index (Phi) is 4.48. The van der Waals surface area contributed by atoms with Gasteiger partial charge in [-0.3, -0.25) is 4.79 Å². The molecule has 0 amide bonds. The van der Waals surface area contributed by atoms with E-state index in [0.717, 1.165) is 0 Å². The summed E-state index contributed by atoms with van der Waals surface area (Å²) >= 11 is 0. The van der Waals surface area contributed by atoms with Crippen molar-refractivity contribution in [3.63, 3.8) is 0 Å². The van der Waals surface area contributed by atoms with Gasteiger partial charge in [-0.2, -0.15) is 0 Å². The van der Waals surface area contributed by atoms with Crippen molar-refractivity contribution in [1.82, 2.24) is 4.72 Å². The first-order valence-electron chi connectivity index (χ1n) is 5.59. The van der Waals surface area contributed by atoms with E-state index in [0.29, 0.717) is 0 Å². The zero-order chi connectivity index (χ0) is 13.9. The fourth-order valence-electron chi connectivity index (χ4n) is 1.59. The van der Waals surface area contributed by atoms with Crippen LogP contribution >= 0.6 is 0 Å². The summed E-state index contributed by atoms with van der Waals surface area (Å²) in [6.45, 7) is 4.88. The van der Waals surface area contributed by atoms with Crippen LogP contribution in [0.15, 0.2) is 29.2 Å². The Morgan fingerprint density at radius 3 is 2.28 bits per heavy atom. The number of sulfonamides is 1. The molecule has 18 heavy (non-hydrogen) atoms. The van der Waals surface area contributed by atoms with Gasteiger partial charge in [-0.25, -0.2) is 13.1 Å². The van der Waals surface area contributed by atoms with Crippen LogP contribution in [-0.4, -0.2) is 25.5 Å². The third-order valence-corrected chi connectivity index (χ3v) is 4.17. The van der Waals surface area contributed by atoms with Crippen LogP contribution in [0.2, 0.25) is 0 Å². The Hall–Kier alpha value is -1.40. The Labute approximate surface area is 107 Å². The zero-order valence-corrected chi connectivity index (χ0v) is 11.4. The molecule has 1 rings (SSSR count). The summed E-state index contributed by atoms with van der Waals surface area (Å²) < 4.78 is 26.6. The van der Waals surface area contributed by atoms with E-state index >= 15 is 0 Å². The van der Waals surface area contributed by atoms with E-state index in [4.69, 9.17) is 5.11 Å². The molecule has 0 aliphatic rings. The number of aliphatic carboxylic acids is 1.